The highest BCUT2D eigenvalue weighted by atomic mass is 16.6. The van der Waals surface area contributed by atoms with E-state index in [9.17, 15) is 14.9 Å². The van der Waals surface area contributed by atoms with Crippen molar-refractivity contribution in [3.63, 3.8) is 0 Å². The Morgan fingerprint density at radius 3 is 2.00 bits per heavy atom. The number of carbonyl (C=O) groups is 2. The van der Waals surface area contributed by atoms with Gasteiger partial charge in [0.25, 0.3) is 0 Å². The van der Waals surface area contributed by atoms with Crippen LogP contribution in [-0.2, 0) is 9.53 Å². The summed E-state index contributed by atoms with van der Waals surface area (Å²) in [4.78, 5) is 28.0. The number of nitriles is 1. The molecule has 2 fully saturated rings. The van der Waals surface area contributed by atoms with Crippen LogP contribution < -0.4 is 0 Å². The molecule has 0 radical (unpaired) electrons. The first-order chi connectivity index (χ1) is 10.3. The molecule has 1 saturated carbocycles. The molecule has 0 bridgehead atoms. The van der Waals surface area contributed by atoms with E-state index in [-0.39, 0.29) is 12.0 Å². The van der Waals surface area contributed by atoms with Crippen LogP contribution in [0.2, 0.25) is 0 Å². The molecule has 2 aliphatic rings. The minimum Gasteiger partial charge on any atom is -0.444 e. The first kappa shape index (κ1) is 16.6. The van der Waals surface area contributed by atoms with Crippen molar-refractivity contribution in [3.8, 4) is 6.07 Å². The zero-order chi connectivity index (χ0) is 16.4. The summed E-state index contributed by atoms with van der Waals surface area (Å²) in [5.41, 5.74) is -1.34. The maximum atomic E-state index is 12.6. The number of piperazine rings is 1. The van der Waals surface area contributed by atoms with Crippen LogP contribution in [0.3, 0.4) is 0 Å². The molecular formula is C16H25N3O3. The van der Waals surface area contributed by atoms with Gasteiger partial charge in [0.1, 0.15) is 11.0 Å². The lowest BCUT2D eigenvalue weighted by molar-refractivity contribution is -0.140. The monoisotopic (exact) mass is 307 g/mol. The van der Waals surface area contributed by atoms with Gasteiger partial charge in [0.05, 0.1) is 6.07 Å². The lowest BCUT2D eigenvalue weighted by Crippen LogP contribution is -2.54. The molecule has 0 aromatic heterocycles. The third kappa shape index (κ3) is 3.52. The van der Waals surface area contributed by atoms with Gasteiger partial charge in [-0.25, -0.2) is 4.79 Å². The van der Waals surface area contributed by atoms with Crippen molar-refractivity contribution in [3.05, 3.63) is 0 Å². The summed E-state index contributed by atoms with van der Waals surface area (Å²) >= 11 is 0. The van der Waals surface area contributed by atoms with E-state index in [0.29, 0.717) is 39.0 Å². The number of ether oxygens (including phenoxy) is 1. The number of amides is 2. The molecular weight excluding hydrogens is 282 g/mol. The normalized spacial score (nSPS) is 21.4. The zero-order valence-corrected chi connectivity index (χ0v) is 13.7. The van der Waals surface area contributed by atoms with Crippen LogP contribution in [0.5, 0.6) is 0 Å². The summed E-state index contributed by atoms with van der Waals surface area (Å²) in [6.07, 6.45) is 2.87. The Hall–Kier alpha value is -1.77. The Morgan fingerprint density at radius 2 is 1.55 bits per heavy atom. The van der Waals surface area contributed by atoms with Crippen molar-refractivity contribution in [1.82, 2.24) is 9.80 Å². The zero-order valence-electron chi connectivity index (χ0n) is 13.7. The Bertz CT molecular complexity index is 476. The van der Waals surface area contributed by atoms with E-state index in [1.165, 1.54) is 0 Å². The molecule has 2 amide bonds. The van der Waals surface area contributed by atoms with Crippen molar-refractivity contribution in [1.29, 1.82) is 5.26 Å². The van der Waals surface area contributed by atoms with Gasteiger partial charge in [-0.1, -0.05) is 12.8 Å². The molecule has 0 N–H and O–H groups in total. The quantitative estimate of drug-likeness (QED) is 0.744. The maximum absolute atomic E-state index is 12.6. The number of rotatable bonds is 1. The van der Waals surface area contributed by atoms with Crippen molar-refractivity contribution >= 4 is 12.0 Å². The molecule has 1 aliphatic carbocycles. The minimum absolute atomic E-state index is 0.0589. The van der Waals surface area contributed by atoms with E-state index in [0.717, 1.165) is 12.8 Å². The lowest BCUT2D eigenvalue weighted by Gasteiger charge is -2.38. The van der Waals surface area contributed by atoms with Crippen molar-refractivity contribution in [2.45, 2.75) is 52.1 Å². The van der Waals surface area contributed by atoms with E-state index < -0.39 is 11.0 Å². The van der Waals surface area contributed by atoms with Crippen LogP contribution in [0.4, 0.5) is 4.79 Å². The predicted octanol–water partition coefficient (Wildman–Crippen LogP) is 2.15. The van der Waals surface area contributed by atoms with Gasteiger partial charge in [-0.2, -0.15) is 5.26 Å². The first-order valence-electron chi connectivity index (χ1n) is 7.96. The molecule has 2 rings (SSSR count). The molecule has 1 aliphatic heterocycles. The molecule has 0 aromatic rings. The molecule has 0 spiro atoms. The maximum Gasteiger partial charge on any atom is 0.410 e. The molecule has 0 aromatic carbocycles. The van der Waals surface area contributed by atoms with E-state index in [2.05, 4.69) is 6.07 Å². The summed E-state index contributed by atoms with van der Waals surface area (Å²) in [6, 6.07) is 2.24. The van der Waals surface area contributed by atoms with Crippen molar-refractivity contribution in [2.24, 2.45) is 5.41 Å². The number of nitrogens with zero attached hydrogens (tertiary/aromatic N) is 3. The fourth-order valence-electron chi connectivity index (χ4n) is 3.07. The smallest absolute Gasteiger partial charge is 0.410 e. The lowest BCUT2D eigenvalue weighted by atomic mass is 9.86. The summed E-state index contributed by atoms with van der Waals surface area (Å²) in [5.74, 6) is -0.0589. The molecule has 22 heavy (non-hydrogen) atoms. The van der Waals surface area contributed by atoms with Gasteiger partial charge in [-0.05, 0) is 33.6 Å². The number of carbonyl (C=O) groups excluding carboxylic acids is 2. The average Bonchev–Trinajstić information content (AvgIpc) is 2.95. The molecule has 1 heterocycles. The molecule has 122 valence electrons. The van der Waals surface area contributed by atoms with Gasteiger partial charge >= 0.3 is 6.09 Å². The molecule has 6 heteroatoms. The number of hydrogen-bond donors (Lipinski definition) is 0. The van der Waals surface area contributed by atoms with Crippen molar-refractivity contribution < 1.29 is 14.3 Å². The summed E-state index contributed by atoms with van der Waals surface area (Å²) < 4.78 is 5.34. The second-order valence-electron chi connectivity index (χ2n) is 7.16. The Labute approximate surface area is 132 Å². The standard InChI is InChI=1S/C16H25N3O3/c1-15(2,3)22-14(21)19-10-8-18(9-11-19)13(20)16(12-17)6-4-5-7-16/h4-11H2,1-3H3. The second kappa shape index (κ2) is 6.15. The van der Waals surface area contributed by atoms with Crippen LogP contribution in [0.1, 0.15) is 46.5 Å². The molecule has 0 unspecified atom stereocenters. The van der Waals surface area contributed by atoms with Gasteiger partial charge in [-0.15, -0.1) is 0 Å². The highest BCUT2D eigenvalue weighted by Crippen LogP contribution is 2.39. The van der Waals surface area contributed by atoms with E-state index in [1.54, 1.807) is 9.80 Å². The molecule has 1 saturated heterocycles. The van der Waals surface area contributed by atoms with Gasteiger partial charge in [0.15, 0.2) is 0 Å². The van der Waals surface area contributed by atoms with Crippen LogP contribution in [-0.4, -0.2) is 53.6 Å². The predicted molar refractivity (Wildman–Crippen MR) is 80.9 cm³/mol. The van der Waals surface area contributed by atoms with Crippen LogP contribution >= 0.6 is 0 Å². The largest absolute Gasteiger partial charge is 0.444 e. The summed E-state index contributed by atoms with van der Waals surface area (Å²) in [5, 5.41) is 9.40. The second-order valence-corrected chi connectivity index (χ2v) is 7.16. The van der Waals surface area contributed by atoms with Crippen LogP contribution in [0.15, 0.2) is 0 Å². The highest BCUT2D eigenvalue weighted by molar-refractivity contribution is 5.86. The third-order valence-corrected chi connectivity index (χ3v) is 4.30. The number of hydrogen-bond acceptors (Lipinski definition) is 4. The fourth-order valence-corrected chi connectivity index (χ4v) is 3.07. The Balaban J connectivity index is 1.91. The Morgan fingerprint density at radius 1 is 1.05 bits per heavy atom. The fraction of sp³-hybridized carbons (Fsp3) is 0.812. The summed E-state index contributed by atoms with van der Waals surface area (Å²) in [6.45, 7) is 7.37. The van der Waals surface area contributed by atoms with Gasteiger partial charge in [0, 0.05) is 26.2 Å². The molecule has 0 atom stereocenters. The van der Waals surface area contributed by atoms with Gasteiger partial charge in [0.2, 0.25) is 5.91 Å². The van der Waals surface area contributed by atoms with Gasteiger partial charge in [-0.3, -0.25) is 4.79 Å². The van der Waals surface area contributed by atoms with E-state index in [4.69, 9.17) is 4.74 Å². The topological polar surface area (TPSA) is 73.6 Å². The third-order valence-electron chi connectivity index (χ3n) is 4.30. The van der Waals surface area contributed by atoms with Crippen LogP contribution in [0, 0.1) is 16.7 Å². The van der Waals surface area contributed by atoms with Crippen LogP contribution in [0.25, 0.3) is 0 Å². The minimum atomic E-state index is -0.825. The van der Waals surface area contributed by atoms with E-state index >= 15 is 0 Å². The Kier molecular flexibility index (Phi) is 4.64. The highest BCUT2D eigenvalue weighted by Gasteiger charge is 2.44. The average molecular weight is 307 g/mol. The van der Waals surface area contributed by atoms with E-state index in [1.807, 2.05) is 20.8 Å². The van der Waals surface area contributed by atoms with Crippen molar-refractivity contribution in [2.75, 3.05) is 26.2 Å². The SMILES string of the molecule is CC(C)(C)OC(=O)N1CCN(C(=O)C2(C#N)CCCC2)CC1. The van der Waals surface area contributed by atoms with Gasteiger partial charge < -0.3 is 14.5 Å². The molecule has 6 nitrogen and oxygen atoms in total. The first-order valence-corrected chi connectivity index (χ1v) is 7.96. The summed E-state index contributed by atoms with van der Waals surface area (Å²) in [7, 11) is 0.